The number of aromatic amines is 1. The summed E-state index contributed by atoms with van der Waals surface area (Å²) in [4.78, 5) is 43.8. The monoisotopic (exact) mass is 522 g/mol. The number of primary amides is 1. The number of H-pyrrole nitrogens is 1. The highest BCUT2D eigenvalue weighted by atomic mass is 32.1. The number of anilines is 2. The molecule has 0 fully saturated rings. The quantitative estimate of drug-likeness (QED) is 0.262. The molecule has 0 saturated heterocycles. The first kappa shape index (κ1) is 25.8. The van der Waals surface area contributed by atoms with E-state index >= 15 is 0 Å². The van der Waals surface area contributed by atoms with Crippen molar-refractivity contribution in [2.75, 3.05) is 17.2 Å². The van der Waals surface area contributed by atoms with Gasteiger partial charge in [-0.25, -0.2) is 4.39 Å². The lowest BCUT2D eigenvalue weighted by Crippen LogP contribution is -2.44. The number of para-hydroxylation sites is 1. The minimum Gasteiger partial charge on any atom is -0.395 e. The van der Waals surface area contributed by atoms with Crippen molar-refractivity contribution in [1.29, 1.82) is 0 Å². The molecule has 4 rings (SSSR count). The number of hydrogen-bond donors (Lipinski definition) is 4. The van der Waals surface area contributed by atoms with Gasteiger partial charge < -0.3 is 21.8 Å². The van der Waals surface area contributed by atoms with Gasteiger partial charge in [0.25, 0.3) is 11.8 Å². The van der Waals surface area contributed by atoms with E-state index in [9.17, 15) is 18.8 Å². The first-order valence-corrected chi connectivity index (χ1v) is 12.4. The summed E-state index contributed by atoms with van der Waals surface area (Å²) in [7, 11) is 0. The summed E-state index contributed by atoms with van der Waals surface area (Å²) < 4.78 is 18.3. The van der Waals surface area contributed by atoms with Crippen LogP contribution in [0.15, 0.2) is 54.7 Å². The zero-order valence-corrected chi connectivity index (χ0v) is 21.1. The Morgan fingerprint density at radius 1 is 1.16 bits per heavy atom. The van der Waals surface area contributed by atoms with Gasteiger partial charge in [0.1, 0.15) is 16.7 Å². The molecule has 0 aliphatic carbocycles. The fourth-order valence-corrected chi connectivity index (χ4v) is 4.79. The van der Waals surface area contributed by atoms with Crippen LogP contribution in [-0.2, 0) is 4.79 Å². The maximum Gasteiger partial charge on any atom is 0.273 e. The predicted octanol–water partition coefficient (Wildman–Crippen LogP) is 4.00. The molecule has 9 nitrogen and oxygen atoms in total. The molecular weight excluding hydrogens is 495 g/mol. The summed E-state index contributed by atoms with van der Waals surface area (Å²) in [6, 6.07) is 11.5. The summed E-state index contributed by atoms with van der Waals surface area (Å²) in [5, 5.41) is 3.64. The van der Waals surface area contributed by atoms with Gasteiger partial charge in [0.05, 0.1) is 5.69 Å². The number of benzene rings is 2. The van der Waals surface area contributed by atoms with E-state index in [1.54, 1.807) is 6.20 Å². The molecule has 4 aromatic rings. The highest BCUT2D eigenvalue weighted by Gasteiger charge is 2.37. The predicted molar refractivity (Wildman–Crippen MR) is 142 cm³/mol. The van der Waals surface area contributed by atoms with Crippen molar-refractivity contribution in [3.63, 3.8) is 0 Å². The van der Waals surface area contributed by atoms with Crippen molar-refractivity contribution in [2.45, 2.75) is 26.3 Å². The molecule has 192 valence electrons. The second kappa shape index (κ2) is 10.8. The van der Waals surface area contributed by atoms with Crippen LogP contribution in [0.5, 0.6) is 0 Å². The van der Waals surface area contributed by atoms with E-state index in [0.717, 1.165) is 23.4 Å². The molecule has 2 heterocycles. The van der Waals surface area contributed by atoms with E-state index in [1.807, 2.05) is 38.1 Å². The van der Waals surface area contributed by atoms with Crippen LogP contribution in [0, 0.1) is 11.7 Å². The van der Waals surface area contributed by atoms with Gasteiger partial charge in [-0.1, -0.05) is 38.1 Å². The Morgan fingerprint density at radius 2 is 1.92 bits per heavy atom. The SMILES string of the molecule is CC(C)CCNC(=O)[C@H](c1c[nH]c2ccccc12)N(C(=O)c1snc(C(N)=O)c1N)c1cccc(F)c1. The number of nitrogen functional groups attached to an aromatic ring is 1. The Labute approximate surface area is 216 Å². The van der Waals surface area contributed by atoms with Gasteiger partial charge in [0, 0.05) is 34.9 Å². The number of carbonyl (C=O) groups excluding carboxylic acids is 3. The lowest BCUT2D eigenvalue weighted by Gasteiger charge is -2.31. The van der Waals surface area contributed by atoms with E-state index in [2.05, 4.69) is 14.7 Å². The summed E-state index contributed by atoms with van der Waals surface area (Å²) in [5.74, 6) is -2.31. The zero-order valence-electron chi connectivity index (χ0n) is 20.3. The second-order valence-electron chi connectivity index (χ2n) is 8.96. The van der Waals surface area contributed by atoms with Crippen LogP contribution in [0.4, 0.5) is 15.8 Å². The molecule has 0 bridgehead atoms. The molecule has 1 atom stereocenters. The number of nitrogens with zero attached hydrogens (tertiary/aromatic N) is 2. The van der Waals surface area contributed by atoms with Gasteiger partial charge in [-0.3, -0.25) is 19.3 Å². The van der Waals surface area contributed by atoms with Gasteiger partial charge in [0.2, 0.25) is 5.91 Å². The van der Waals surface area contributed by atoms with E-state index in [-0.39, 0.29) is 21.9 Å². The van der Waals surface area contributed by atoms with Crippen LogP contribution < -0.4 is 21.7 Å². The summed E-state index contributed by atoms with van der Waals surface area (Å²) in [5.41, 5.74) is 12.4. The normalized spacial score (nSPS) is 12.0. The molecule has 2 aromatic carbocycles. The van der Waals surface area contributed by atoms with Crippen LogP contribution in [-0.4, -0.2) is 33.6 Å². The van der Waals surface area contributed by atoms with E-state index in [1.165, 1.54) is 23.1 Å². The summed E-state index contributed by atoms with van der Waals surface area (Å²) in [6.07, 6.45) is 2.38. The first-order chi connectivity index (χ1) is 17.7. The summed E-state index contributed by atoms with van der Waals surface area (Å²) >= 11 is 0.691. The van der Waals surface area contributed by atoms with Gasteiger partial charge in [0.15, 0.2) is 5.69 Å². The Bertz CT molecular complexity index is 1460. The molecule has 0 aliphatic heterocycles. The van der Waals surface area contributed by atoms with Crippen molar-refractivity contribution in [1.82, 2.24) is 14.7 Å². The standard InChI is InChI=1S/C26H27FN6O3S/c1-14(2)10-11-30-25(35)22(18-13-31-19-9-4-3-8-17(18)19)33(16-7-5-6-15(27)12-16)26(36)23-20(28)21(24(29)34)32-37-23/h3-9,12-14,22,31H,10-11,28H2,1-2H3,(H2,29,34)(H,30,35)/t22-/m0/s1. The minimum atomic E-state index is -1.20. The fraction of sp³-hybridized carbons (Fsp3) is 0.231. The number of fused-ring (bicyclic) bond motifs is 1. The molecule has 0 saturated carbocycles. The van der Waals surface area contributed by atoms with Crippen molar-refractivity contribution >= 4 is 51.5 Å². The third-order valence-corrected chi connectivity index (χ3v) is 6.76. The molecule has 0 radical (unpaired) electrons. The smallest absolute Gasteiger partial charge is 0.273 e. The molecule has 37 heavy (non-hydrogen) atoms. The number of rotatable bonds is 9. The fourth-order valence-electron chi connectivity index (χ4n) is 4.05. The highest BCUT2D eigenvalue weighted by molar-refractivity contribution is 7.09. The van der Waals surface area contributed by atoms with Gasteiger partial charge >= 0.3 is 0 Å². The molecular formula is C26H27FN6O3S. The molecule has 11 heteroatoms. The molecule has 0 aliphatic rings. The lowest BCUT2D eigenvalue weighted by molar-refractivity contribution is -0.122. The largest absolute Gasteiger partial charge is 0.395 e. The topological polar surface area (TPSA) is 147 Å². The van der Waals surface area contributed by atoms with Gasteiger partial charge in [-0.05, 0) is 48.1 Å². The number of aromatic nitrogens is 2. The molecule has 0 unspecified atom stereocenters. The van der Waals surface area contributed by atoms with Crippen LogP contribution in [0.1, 0.15) is 52.0 Å². The van der Waals surface area contributed by atoms with Crippen LogP contribution in [0.2, 0.25) is 0 Å². The lowest BCUT2D eigenvalue weighted by atomic mass is 10.0. The van der Waals surface area contributed by atoms with Crippen molar-refractivity contribution in [3.05, 3.63) is 76.7 Å². The number of nitrogens with one attached hydrogen (secondary N) is 2. The van der Waals surface area contributed by atoms with Crippen molar-refractivity contribution in [3.8, 4) is 0 Å². The average Bonchev–Trinajstić information content (AvgIpc) is 3.45. The molecule has 6 N–H and O–H groups in total. The molecule has 2 aromatic heterocycles. The van der Waals surface area contributed by atoms with E-state index < -0.39 is 29.6 Å². The second-order valence-corrected chi connectivity index (χ2v) is 9.73. The maximum atomic E-state index is 14.4. The van der Waals surface area contributed by atoms with Gasteiger partial charge in [-0.2, -0.15) is 4.37 Å². The van der Waals surface area contributed by atoms with Gasteiger partial charge in [-0.15, -0.1) is 0 Å². The third-order valence-electron chi connectivity index (χ3n) is 5.90. The Balaban J connectivity index is 1.90. The van der Waals surface area contributed by atoms with Crippen LogP contribution >= 0.6 is 11.5 Å². The highest BCUT2D eigenvalue weighted by Crippen LogP contribution is 2.36. The number of halogens is 1. The number of hydrogen-bond acceptors (Lipinski definition) is 6. The number of amides is 3. The third kappa shape index (κ3) is 5.31. The first-order valence-electron chi connectivity index (χ1n) is 11.7. The zero-order chi connectivity index (χ0) is 26.7. The van der Waals surface area contributed by atoms with Crippen LogP contribution in [0.3, 0.4) is 0 Å². The molecule has 0 spiro atoms. The Kier molecular flexibility index (Phi) is 7.53. The number of nitrogens with two attached hydrogens (primary N) is 2. The number of carbonyl (C=O) groups is 3. The van der Waals surface area contributed by atoms with Crippen molar-refractivity contribution < 1.29 is 18.8 Å². The van der Waals surface area contributed by atoms with Crippen LogP contribution in [0.25, 0.3) is 10.9 Å². The van der Waals surface area contributed by atoms with Crippen molar-refractivity contribution in [2.24, 2.45) is 11.7 Å². The van der Waals surface area contributed by atoms with E-state index in [4.69, 9.17) is 11.5 Å². The summed E-state index contributed by atoms with van der Waals surface area (Å²) in [6.45, 7) is 4.46. The minimum absolute atomic E-state index is 0.0853. The molecule has 3 amide bonds. The average molecular weight is 523 g/mol. The maximum absolute atomic E-state index is 14.4. The Hall–Kier alpha value is -4.25. The Morgan fingerprint density at radius 3 is 2.59 bits per heavy atom. The van der Waals surface area contributed by atoms with E-state index in [0.29, 0.717) is 29.6 Å².